The summed E-state index contributed by atoms with van der Waals surface area (Å²) in [6, 6.07) is 6.33. The second-order valence-corrected chi connectivity index (χ2v) is 5.57. The van der Waals surface area contributed by atoms with Gasteiger partial charge in [-0.2, -0.15) is 0 Å². The summed E-state index contributed by atoms with van der Waals surface area (Å²) in [6.07, 6.45) is 0. The SMILES string of the molecule is Cc1cc(C)cc(C(N)COCCOCC(C)C)c1. The van der Waals surface area contributed by atoms with Gasteiger partial charge in [0.15, 0.2) is 0 Å². The number of rotatable bonds is 8. The maximum absolute atomic E-state index is 6.13. The van der Waals surface area contributed by atoms with E-state index in [0.717, 1.165) is 12.2 Å². The number of ether oxygens (including phenoxy) is 2. The molecule has 0 aliphatic rings. The predicted octanol–water partition coefficient (Wildman–Crippen LogP) is 2.99. The van der Waals surface area contributed by atoms with Gasteiger partial charge in [-0.1, -0.05) is 43.2 Å². The molecule has 0 aliphatic heterocycles. The minimum Gasteiger partial charge on any atom is -0.379 e. The number of benzene rings is 1. The van der Waals surface area contributed by atoms with Crippen LogP contribution >= 0.6 is 0 Å². The first-order valence-corrected chi connectivity index (χ1v) is 6.98. The van der Waals surface area contributed by atoms with Crippen molar-refractivity contribution in [1.29, 1.82) is 0 Å². The second kappa shape index (κ2) is 8.31. The number of hydrogen-bond donors (Lipinski definition) is 1. The highest BCUT2D eigenvalue weighted by atomic mass is 16.5. The zero-order valence-electron chi connectivity index (χ0n) is 12.6. The van der Waals surface area contributed by atoms with E-state index in [-0.39, 0.29) is 6.04 Å². The fourth-order valence-electron chi connectivity index (χ4n) is 1.97. The highest BCUT2D eigenvalue weighted by molar-refractivity contribution is 5.30. The Labute approximate surface area is 117 Å². The van der Waals surface area contributed by atoms with Gasteiger partial charge < -0.3 is 15.2 Å². The summed E-state index contributed by atoms with van der Waals surface area (Å²) >= 11 is 0. The third-order valence-corrected chi connectivity index (χ3v) is 2.79. The smallest absolute Gasteiger partial charge is 0.0701 e. The molecular formula is C16H27NO2. The molecule has 0 amide bonds. The molecule has 1 unspecified atom stereocenters. The van der Waals surface area contributed by atoms with E-state index in [0.29, 0.717) is 25.7 Å². The Kier molecular flexibility index (Phi) is 7.06. The molecule has 2 N–H and O–H groups in total. The van der Waals surface area contributed by atoms with Gasteiger partial charge in [-0.15, -0.1) is 0 Å². The average Bonchev–Trinajstić information content (AvgIpc) is 2.31. The van der Waals surface area contributed by atoms with Gasteiger partial charge in [0.05, 0.1) is 25.9 Å². The zero-order chi connectivity index (χ0) is 14.3. The van der Waals surface area contributed by atoms with Crippen molar-refractivity contribution < 1.29 is 9.47 Å². The summed E-state index contributed by atoms with van der Waals surface area (Å²) in [5, 5.41) is 0. The van der Waals surface area contributed by atoms with Crippen LogP contribution in [0.15, 0.2) is 18.2 Å². The van der Waals surface area contributed by atoms with Crippen LogP contribution < -0.4 is 5.73 Å². The summed E-state index contributed by atoms with van der Waals surface area (Å²) in [7, 11) is 0. The van der Waals surface area contributed by atoms with E-state index in [4.69, 9.17) is 15.2 Å². The van der Waals surface area contributed by atoms with E-state index in [1.165, 1.54) is 11.1 Å². The number of aryl methyl sites for hydroxylation is 2. The Bertz CT molecular complexity index is 357. The lowest BCUT2D eigenvalue weighted by Gasteiger charge is -2.14. The molecule has 0 bridgehead atoms. The molecular weight excluding hydrogens is 238 g/mol. The standard InChI is InChI=1S/C16H27NO2/c1-12(2)10-18-5-6-19-11-16(17)15-8-13(3)7-14(4)9-15/h7-9,12,16H,5-6,10-11,17H2,1-4H3. The fourth-order valence-corrected chi connectivity index (χ4v) is 1.97. The van der Waals surface area contributed by atoms with E-state index in [2.05, 4.69) is 45.9 Å². The van der Waals surface area contributed by atoms with Gasteiger partial charge in [0, 0.05) is 6.61 Å². The average molecular weight is 265 g/mol. The van der Waals surface area contributed by atoms with Gasteiger partial charge in [-0.3, -0.25) is 0 Å². The lowest BCUT2D eigenvalue weighted by molar-refractivity contribution is 0.0333. The van der Waals surface area contributed by atoms with Crippen molar-refractivity contribution in [2.75, 3.05) is 26.4 Å². The third-order valence-electron chi connectivity index (χ3n) is 2.79. The highest BCUT2D eigenvalue weighted by Crippen LogP contribution is 2.15. The summed E-state index contributed by atoms with van der Waals surface area (Å²) in [5.41, 5.74) is 9.75. The van der Waals surface area contributed by atoms with E-state index >= 15 is 0 Å². The monoisotopic (exact) mass is 265 g/mol. The van der Waals surface area contributed by atoms with Crippen LogP contribution in [0.2, 0.25) is 0 Å². The van der Waals surface area contributed by atoms with Gasteiger partial charge in [-0.05, 0) is 25.3 Å². The van der Waals surface area contributed by atoms with Crippen molar-refractivity contribution in [2.24, 2.45) is 11.7 Å². The van der Waals surface area contributed by atoms with Crippen LogP contribution in [-0.2, 0) is 9.47 Å². The lowest BCUT2D eigenvalue weighted by atomic mass is 10.0. The molecule has 3 heteroatoms. The number of hydrogen-bond acceptors (Lipinski definition) is 3. The molecule has 3 nitrogen and oxygen atoms in total. The molecule has 0 heterocycles. The van der Waals surface area contributed by atoms with Crippen LogP contribution in [0.1, 0.15) is 36.6 Å². The Balaban J connectivity index is 2.25. The summed E-state index contributed by atoms with van der Waals surface area (Å²) in [6.45, 7) is 11.0. The van der Waals surface area contributed by atoms with Gasteiger partial charge in [0.25, 0.3) is 0 Å². The predicted molar refractivity (Wildman–Crippen MR) is 79.3 cm³/mol. The largest absolute Gasteiger partial charge is 0.379 e. The molecule has 1 atom stereocenters. The Morgan fingerprint density at radius 3 is 2.00 bits per heavy atom. The lowest BCUT2D eigenvalue weighted by Crippen LogP contribution is -2.19. The van der Waals surface area contributed by atoms with Crippen LogP contribution in [0.25, 0.3) is 0 Å². The van der Waals surface area contributed by atoms with Crippen molar-refractivity contribution in [3.8, 4) is 0 Å². The zero-order valence-corrected chi connectivity index (χ0v) is 12.6. The van der Waals surface area contributed by atoms with Crippen molar-refractivity contribution in [2.45, 2.75) is 33.7 Å². The van der Waals surface area contributed by atoms with Crippen LogP contribution in [0.3, 0.4) is 0 Å². The van der Waals surface area contributed by atoms with Crippen LogP contribution in [-0.4, -0.2) is 26.4 Å². The minimum atomic E-state index is -0.0660. The maximum Gasteiger partial charge on any atom is 0.0701 e. The summed E-state index contributed by atoms with van der Waals surface area (Å²) < 4.78 is 11.0. The molecule has 1 aromatic carbocycles. The fraction of sp³-hybridized carbons (Fsp3) is 0.625. The summed E-state index contributed by atoms with van der Waals surface area (Å²) in [5.74, 6) is 0.567. The van der Waals surface area contributed by atoms with E-state index in [1.54, 1.807) is 0 Å². The van der Waals surface area contributed by atoms with E-state index < -0.39 is 0 Å². The van der Waals surface area contributed by atoms with Crippen LogP contribution in [0.5, 0.6) is 0 Å². The molecule has 1 rings (SSSR count). The van der Waals surface area contributed by atoms with E-state index in [9.17, 15) is 0 Å². The van der Waals surface area contributed by atoms with Crippen molar-refractivity contribution in [3.63, 3.8) is 0 Å². The van der Waals surface area contributed by atoms with Crippen LogP contribution in [0, 0.1) is 19.8 Å². The Morgan fingerprint density at radius 1 is 0.947 bits per heavy atom. The Hall–Kier alpha value is -0.900. The molecule has 0 saturated carbocycles. The summed E-state index contributed by atoms with van der Waals surface area (Å²) in [4.78, 5) is 0. The molecule has 19 heavy (non-hydrogen) atoms. The second-order valence-electron chi connectivity index (χ2n) is 5.57. The van der Waals surface area contributed by atoms with Crippen molar-refractivity contribution in [3.05, 3.63) is 34.9 Å². The molecule has 0 aromatic heterocycles. The Morgan fingerprint density at radius 2 is 1.47 bits per heavy atom. The van der Waals surface area contributed by atoms with Gasteiger partial charge in [0.2, 0.25) is 0 Å². The van der Waals surface area contributed by atoms with Crippen molar-refractivity contribution in [1.82, 2.24) is 0 Å². The van der Waals surface area contributed by atoms with Gasteiger partial charge in [0.1, 0.15) is 0 Å². The highest BCUT2D eigenvalue weighted by Gasteiger charge is 2.07. The van der Waals surface area contributed by atoms with E-state index in [1.807, 2.05) is 0 Å². The van der Waals surface area contributed by atoms with Gasteiger partial charge in [-0.25, -0.2) is 0 Å². The minimum absolute atomic E-state index is 0.0660. The molecule has 0 spiro atoms. The molecule has 0 saturated heterocycles. The first-order chi connectivity index (χ1) is 8.99. The van der Waals surface area contributed by atoms with Gasteiger partial charge >= 0.3 is 0 Å². The normalized spacial score (nSPS) is 12.9. The molecule has 0 fully saturated rings. The molecule has 0 radical (unpaired) electrons. The first kappa shape index (κ1) is 16.2. The van der Waals surface area contributed by atoms with Crippen LogP contribution in [0.4, 0.5) is 0 Å². The molecule has 0 aliphatic carbocycles. The van der Waals surface area contributed by atoms with Crippen molar-refractivity contribution >= 4 is 0 Å². The maximum atomic E-state index is 6.13. The topological polar surface area (TPSA) is 44.5 Å². The third kappa shape index (κ3) is 6.71. The molecule has 1 aromatic rings. The first-order valence-electron chi connectivity index (χ1n) is 6.98. The molecule has 108 valence electrons. The number of nitrogens with two attached hydrogens (primary N) is 1. The quantitative estimate of drug-likeness (QED) is 0.735.